The summed E-state index contributed by atoms with van der Waals surface area (Å²) in [6, 6.07) is 1.19. The molecule has 0 spiro atoms. The van der Waals surface area contributed by atoms with E-state index in [2.05, 4.69) is 4.98 Å². The summed E-state index contributed by atoms with van der Waals surface area (Å²) in [5, 5.41) is -1.33. The van der Waals surface area contributed by atoms with Gasteiger partial charge in [0.15, 0.2) is 12.8 Å². The highest BCUT2D eigenvalue weighted by Gasteiger charge is 2.33. The van der Waals surface area contributed by atoms with Crippen LogP contribution in [-0.2, 0) is 15.8 Å². The number of thioether (sulfide) groups is 1. The smallest absolute Gasteiger partial charge is 0.328 e. The van der Waals surface area contributed by atoms with E-state index >= 15 is 0 Å². The summed E-state index contributed by atoms with van der Waals surface area (Å²) in [5.74, 6) is 0.276. The molecule has 6 N–H and O–H groups in total. The first-order valence-electron chi connectivity index (χ1n) is 4.97. The lowest BCUT2D eigenvalue weighted by atomic mass is 10.4. The lowest BCUT2D eigenvalue weighted by molar-refractivity contribution is -0.201. The molecule has 2 rings (SSSR count). The molecular formula is C8H14N3O6PS. The van der Waals surface area contributed by atoms with Gasteiger partial charge >= 0.3 is 5.69 Å². The van der Waals surface area contributed by atoms with Gasteiger partial charge in [-0.3, -0.25) is 9.36 Å². The molecule has 1 saturated heterocycles. The van der Waals surface area contributed by atoms with Crippen LogP contribution in [0.15, 0.2) is 21.9 Å². The van der Waals surface area contributed by atoms with E-state index in [0.717, 1.165) is 16.3 Å². The zero-order chi connectivity index (χ0) is 13.3. The van der Waals surface area contributed by atoms with Crippen molar-refractivity contribution in [2.75, 3.05) is 5.75 Å². The van der Waals surface area contributed by atoms with Crippen LogP contribution in [0.1, 0.15) is 0 Å². The van der Waals surface area contributed by atoms with Crippen molar-refractivity contribution in [1.82, 2.24) is 15.7 Å². The molecular weight excluding hydrogens is 297 g/mol. The molecule has 11 heteroatoms. The highest BCUT2D eigenvalue weighted by molar-refractivity contribution is 8.05. The highest BCUT2D eigenvalue weighted by Crippen LogP contribution is 2.48. The molecule has 3 atom stereocenters. The second kappa shape index (κ2) is 6.04. The SMILES string of the molecule is O=c1cc[nH]c(=O)n1CC1CSC(P(=O)([O-])O)O1.[NH4+]. The number of aromatic nitrogens is 2. The van der Waals surface area contributed by atoms with E-state index in [1.807, 2.05) is 0 Å². The third-order valence-electron chi connectivity index (χ3n) is 2.33. The van der Waals surface area contributed by atoms with Crippen LogP contribution < -0.4 is 22.3 Å². The van der Waals surface area contributed by atoms with Crippen LogP contribution in [0.2, 0.25) is 0 Å². The zero-order valence-corrected chi connectivity index (χ0v) is 11.7. The molecule has 0 radical (unpaired) electrons. The Labute approximate surface area is 111 Å². The van der Waals surface area contributed by atoms with Crippen molar-refractivity contribution >= 4 is 19.4 Å². The number of ether oxygens (including phenoxy) is 1. The summed E-state index contributed by atoms with van der Waals surface area (Å²) in [4.78, 5) is 44.8. The van der Waals surface area contributed by atoms with Gasteiger partial charge in [-0.1, -0.05) is 0 Å². The van der Waals surface area contributed by atoms with E-state index in [0.29, 0.717) is 0 Å². The standard InChI is InChI=1S/C8H11N2O6PS.H3N/c11-6-1-2-9-7(12)10(6)3-5-4-18-8(16-5)17(13,14)15;/h1-2,5,8H,3-4H2,(H,9,12)(H2,13,14,15);1H3. The summed E-state index contributed by atoms with van der Waals surface area (Å²) >= 11 is 0.913. The number of quaternary nitrogens is 1. The van der Waals surface area contributed by atoms with Crippen molar-refractivity contribution in [3.63, 3.8) is 0 Å². The first-order valence-corrected chi connectivity index (χ1v) is 7.66. The summed E-state index contributed by atoms with van der Waals surface area (Å²) in [6.45, 7) is -0.0570. The maximum atomic E-state index is 11.4. The van der Waals surface area contributed by atoms with Gasteiger partial charge in [0, 0.05) is 18.0 Å². The molecule has 0 aliphatic carbocycles. The van der Waals surface area contributed by atoms with E-state index in [9.17, 15) is 19.0 Å². The average Bonchev–Trinajstić information content (AvgIpc) is 2.72. The molecule has 1 fully saturated rings. The molecule has 1 aromatic heterocycles. The normalized spacial score (nSPS) is 25.6. The minimum Gasteiger partial charge on any atom is -0.776 e. The largest absolute Gasteiger partial charge is 0.776 e. The lowest BCUT2D eigenvalue weighted by Gasteiger charge is -2.22. The molecule has 0 aromatic carbocycles. The van der Waals surface area contributed by atoms with Crippen LogP contribution in [0.3, 0.4) is 0 Å². The fraction of sp³-hybridized carbons (Fsp3) is 0.500. The van der Waals surface area contributed by atoms with Gasteiger partial charge in [-0.15, -0.1) is 11.8 Å². The monoisotopic (exact) mass is 311 g/mol. The molecule has 1 aliphatic heterocycles. The van der Waals surface area contributed by atoms with Crippen LogP contribution in [-0.4, -0.2) is 31.5 Å². The van der Waals surface area contributed by atoms with E-state index in [4.69, 9.17) is 9.63 Å². The maximum Gasteiger partial charge on any atom is 0.328 e. The van der Waals surface area contributed by atoms with Crippen LogP contribution >= 0.6 is 19.4 Å². The number of hydrogen-bond donors (Lipinski definition) is 3. The second-order valence-corrected chi connectivity index (χ2v) is 6.74. The summed E-state index contributed by atoms with van der Waals surface area (Å²) in [5.41, 5.74) is -1.08. The number of H-pyrrole nitrogens is 1. The first-order chi connectivity index (χ1) is 8.38. The molecule has 0 bridgehead atoms. The number of rotatable bonds is 3. The topological polar surface area (TPSA) is 161 Å². The molecule has 0 amide bonds. The van der Waals surface area contributed by atoms with E-state index in [1.165, 1.54) is 12.3 Å². The minimum atomic E-state index is -4.56. The van der Waals surface area contributed by atoms with Gasteiger partial charge in [0.2, 0.25) is 0 Å². The second-order valence-electron chi connectivity index (χ2n) is 3.69. The Morgan fingerprint density at radius 2 is 2.32 bits per heavy atom. The Hall–Kier alpha value is -0.900. The van der Waals surface area contributed by atoms with Gasteiger partial charge in [0.1, 0.15) is 0 Å². The van der Waals surface area contributed by atoms with Crippen LogP contribution in [0.4, 0.5) is 0 Å². The Kier molecular flexibility index (Phi) is 5.13. The van der Waals surface area contributed by atoms with Gasteiger partial charge in [-0.2, -0.15) is 0 Å². The molecule has 1 aliphatic rings. The fourth-order valence-electron chi connectivity index (χ4n) is 1.53. The number of hydrogen-bond acceptors (Lipinski definition) is 6. The van der Waals surface area contributed by atoms with Crippen molar-refractivity contribution in [3.05, 3.63) is 33.1 Å². The molecule has 1 aromatic rings. The van der Waals surface area contributed by atoms with Crippen LogP contribution in [0.25, 0.3) is 0 Å². The quantitative estimate of drug-likeness (QED) is 0.595. The van der Waals surface area contributed by atoms with Crippen LogP contribution in [0.5, 0.6) is 0 Å². The third kappa shape index (κ3) is 3.78. The van der Waals surface area contributed by atoms with E-state index in [1.54, 1.807) is 0 Å². The summed E-state index contributed by atoms with van der Waals surface area (Å²) in [6.07, 6.45) is 0.615. The Morgan fingerprint density at radius 3 is 2.84 bits per heavy atom. The maximum absolute atomic E-state index is 11.4. The Balaban J connectivity index is 0.00000180. The predicted molar refractivity (Wildman–Crippen MR) is 68.3 cm³/mol. The first kappa shape index (κ1) is 16.2. The Morgan fingerprint density at radius 1 is 1.63 bits per heavy atom. The average molecular weight is 311 g/mol. The van der Waals surface area contributed by atoms with Gasteiger partial charge < -0.3 is 30.2 Å². The highest BCUT2D eigenvalue weighted by atomic mass is 32.2. The van der Waals surface area contributed by atoms with Crippen molar-refractivity contribution in [2.45, 2.75) is 17.8 Å². The van der Waals surface area contributed by atoms with E-state index in [-0.39, 0.29) is 18.4 Å². The zero-order valence-electron chi connectivity index (χ0n) is 10.0. The minimum absolute atomic E-state index is 0. The summed E-state index contributed by atoms with van der Waals surface area (Å²) in [7, 11) is -4.56. The van der Waals surface area contributed by atoms with Crippen molar-refractivity contribution in [1.29, 1.82) is 0 Å². The fourth-order valence-corrected chi connectivity index (χ4v) is 3.67. The molecule has 108 valence electrons. The molecule has 3 unspecified atom stereocenters. The van der Waals surface area contributed by atoms with Gasteiger partial charge in [0.25, 0.3) is 5.56 Å². The molecule has 9 nitrogen and oxygen atoms in total. The van der Waals surface area contributed by atoms with Gasteiger partial charge in [0.05, 0.1) is 12.6 Å². The van der Waals surface area contributed by atoms with Gasteiger partial charge in [-0.25, -0.2) is 4.79 Å². The number of nitrogens with zero attached hydrogens (tertiary/aromatic N) is 1. The Bertz CT molecular complexity index is 566. The van der Waals surface area contributed by atoms with Crippen molar-refractivity contribution in [3.8, 4) is 0 Å². The van der Waals surface area contributed by atoms with Crippen molar-refractivity contribution < 1.29 is 19.1 Å². The summed E-state index contributed by atoms with van der Waals surface area (Å²) < 4.78 is 16.8. The molecule has 2 heterocycles. The molecule has 0 saturated carbocycles. The van der Waals surface area contributed by atoms with Crippen molar-refractivity contribution in [2.24, 2.45) is 0 Å². The number of aromatic amines is 1. The van der Waals surface area contributed by atoms with Gasteiger partial charge in [-0.05, 0) is 0 Å². The number of nitrogens with one attached hydrogen (secondary N) is 1. The lowest BCUT2D eigenvalue weighted by Crippen LogP contribution is -2.38. The van der Waals surface area contributed by atoms with Crippen LogP contribution in [0, 0.1) is 0 Å². The molecule has 19 heavy (non-hydrogen) atoms. The van der Waals surface area contributed by atoms with E-state index < -0.39 is 30.1 Å². The third-order valence-corrected chi connectivity index (χ3v) is 5.19. The predicted octanol–water partition coefficient (Wildman–Crippen LogP) is -1.13.